The molecule has 2 unspecified atom stereocenters. The smallest absolute Gasteiger partial charge is 0.253 e. The normalized spacial score (nSPS) is 13.7. The number of amides is 7. The van der Waals surface area contributed by atoms with Crippen molar-refractivity contribution in [2.45, 2.75) is 57.2 Å². The molecule has 0 fully saturated rings. The molecule has 15 nitrogen and oxygen atoms in total. The molecule has 0 saturated carbocycles. The maximum absolute atomic E-state index is 12.8. The molecule has 1 aromatic rings. The third-order valence-corrected chi connectivity index (χ3v) is 6.46. The number of aliphatic hydroxyl groups is 1. The van der Waals surface area contributed by atoms with Crippen molar-refractivity contribution in [1.29, 1.82) is 0 Å². The van der Waals surface area contributed by atoms with Crippen LogP contribution in [0.15, 0.2) is 42.5 Å². The topological polar surface area (TPSA) is 229 Å². The van der Waals surface area contributed by atoms with Crippen molar-refractivity contribution < 1.29 is 38.7 Å². The Hall–Kier alpha value is -4.63. The Balaban J connectivity index is 1.69. The van der Waals surface area contributed by atoms with Crippen LogP contribution in [0.1, 0.15) is 44.1 Å². The molecule has 2 atom stereocenters. The van der Waals surface area contributed by atoms with Gasteiger partial charge >= 0.3 is 0 Å². The van der Waals surface area contributed by atoms with Crippen molar-refractivity contribution in [1.82, 2.24) is 31.5 Å². The number of nitrogens with zero attached hydrogens (tertiary/aromatic N) is 1. The van der Waals surface area contributed by atoms with Crippen molar-refractivity contribution in [3.8, 4) is 0 Å². The van der Waals surface area contributed by atoms with Crippen LogP contribution in [0.4, 0.5) is 0 Å². The minimum absolute atomic E-state index is 0.151. The number of imide groups is 1. The van der Waals surface area contributed by atoms with Gasteiger partial charge in [0.15, 0.2) is 0 Å². The van der Waals surface area contributed by atoms with E-state index in [2.05, 4.69) is 26.6 Å². The van der Waals surface area contributed by atoms with Crippen LogP contribution in [0, 0.1) is 0 Å². The van der Waals surface area contributed by atoms with Crippen LogP contribution in [-0.2, 0) is 40.0 Å². The maximum Gasteiger partial charge on any atom is 0.253 e. The highest BCUT2D eigenvalue weighted by Gasteiger charge is 2.23. The number of carbonyl (C=O) groups is 7. The minimum atomic E-state index is -1.08. The molecule has 15 heteroatoms. The molecule has 2 rings (SSSR count). The molecule has 0 aliphatic carbocycles. The molecule has 7 amide bonds. The van der Waals surface area contributed by atoms with Crippen molar-refractivity contribution >= 4 is 41.4 Å². The molecule has 0 aromatic heterocycles. The SMILES string of the molecule is NC(=O)CCCNC(O)CNC(=O)C(Cc1ccccc1)NC(=O)CNC(=O)CNC(=O)CCCCCN1C(=O)C=CC1=O. The number of hydrogen-bond acceptors (Lipinski definition) is 9. The van der Waals surface area contributed by atoms with Crippen LogP contribution < -0.4 is 32.3 Å². The van der Waals surface area contributed by atoms with Gasteiger partial charge in [0.1, 0.15) is 12.3 Å². The summed E-state index contributed by atoms with van der Waals surface area (Å²) in [5.41, 5.74) is 5.85. The first-order valence-corrected chi connectivity index (χ1v) is 14.4. The van der Waals surface area contributed by atoms with Crippen molar-refractivity contribution in [3.63, 3.8) is 0 Å². The van der Waals surface area contributed by atoms with Gasteiger partial charge in [-0.1, -0.05) is 36.8 Å². The molecule has 0 spiro atoms. The Kier molecular flexibility index (Phi) is 15.8. The van der Waals surface area contributed by atoms with E-state index in [1.807, 2.05) is 6.07 Å². The lowest BCUT2D eigenvalue weighted by molar-refractivity contribution is -0.137. The van der Waals surface area contributed by atoms with Crippen LogP contribution in [0.5, 0.6) is 0 Å². The van der Waals surface area contributed by atoms with E-state index >= 15 is 0 Å². The zero-order valence-electron chi connectivity index (χ0n) is 24.5. The minimum Gasteiger partial charge on any atom is -0.377 e. The van der Waals surface area contributed by atoms with Gasteiger partial charge in [-0.05, 0) is 31.4 Å². The summed E-state index contributed by atoms with van der Waals surface area (Å²) >= 11 is 0. The maximum atomic E-state index is 12.8. The largest absolute Gasteiger partial charge is 0.377 e. The average molecular weight is 616 g/mol. The Morgan fingerprint density at radius 2 is 1.45 bits per heavy atom. The standard InChI is InChI=1S/C29H41N7O8/c30-22(37)10-7-14-31-24(39)18-34-29(44)21(16-20-8-3-1-4-9-20)35-26(41)19-33-25(40)17-32-23(38)11-5-2-6-15-36-27(42)12-13-28(36)43/h1,3-4,8-9,12-13,21,24,31,39H,2,5-7,10-11,14-19H2,(H2,30,37)(H,32,38)(H,33,40)(H,34,44)(H,35,41). The molecule has 8 N–H and O–H groups in total. The van der Waals surface area contributed by atoms with E-state index in [-0.39, 0.29) is 56.6 Å². The Labute approximate surface area is 255 Å². The fourth-order valence-corrected chi connectivity index (χ4v) is 4.12. The highest BCUT2D eigenvalue weighted by atomic mass is 16.3. The first-order chi connectivity index (χ1) is 21.0. The summed E-state index contributed by atoms with van der Waals surface area (Å²) in [5.74, 6) is -3.28. The van der Waals surface area contributed by atoms with Crippen LogP contribution in [0.25, 0.3) is 0 Å². The molecule has 1 aromatic carbocycles. The number of primary amides is 1. The molecule has 1 aliphatic rings. The van der Waals surface area contributed by atoms with E-state index in [1.54, 1.807) is 24.3 Å². The summed E-state index contributed by atoms with van der Waals surface area (Å²) in [6.45, 7) is -0.327. The van der Waals surface area contributed by atoms with Gasteiger partial charge in [-0.25, -0.2) is 0 Å². The molecule has 0 radical (unpaired) electrons. The van der Waals surface area contributed by atoms with Crippen molar-refractivity contribution in [2.24, 2.45) is 5.73 Å². The summed E-state index contributed by atoms with van der Waals surface area (Å²) in [5, 5.41) is 22.8. The highest BCUT2D eigenvalue weighted by Crippen LogP contribution is 2.08. The van der Waals surface area contributed by atoms with Gasteiger partial charge in [-0.2, -0.15) is 0 Å². The summed E-state index contributed by atoms with van der Waals surface area (Å²) in [6.07, 6.45) is 3.93. The summed E-state index contributed by atoms with van der Waals surface area (Å²) in [7, 11) is 0. The molecule has 1 aliphatic heterocycles. The average Bonchev–Trinajstić information content (AvgIpc) is 3.32. The lowest BCUT2D eigenvalue weighted by Crippen LogP contribution is -2.53. The lowest BCUT2D eigenvalue weighted by Gasteiger charge is -2.20. The number of aliphatic hydroxyl groups excluding tert-OH is 1. The second kappa shape index (κ2) is 19.5. The van der Waals surface area contributed by atoms with E-state index in [0.29, 0.717) is 32.2 Å². The third-order valence-electron chi connectivity index (χ3n) is 6.46. The second-order valence-electron chi connectivity index (χ2n) is 10.1. The van der Waals surface area contributed by atoms with E-state index < -0.39 is 42.4 Å². The monoisotopic (exact) mass is 615 g/mol. The fourth-order valence-electron chi connectivity index (χ4n) is 4.12. The fraction of sp³-hybridized carbons (Fsp3) is 0.483. The molecule has 0 saturated heterocycles. The lowest BCUT2D eigenvalue weighted by atomic mass is 10.1. The number of unbranched alkanes of at least 4 members (excludes halogenated alkanes) is 2. The van der Waals surface area contributed by atoms with Gasteiger partial charge in [0.2, 0.25) is 29.5 Å². The highest BCUT2D eigenvalue weighted by molar-refractivity contribution is 6.12. The molecular weight excluding hydrogens is 574 g/mol. The quantitative estimate of drug-likeness (QED) is 0.0448. The van der Waals surface area contributed by atoms with Gasteiger partial charge < -0.3 is 32.1 Å². The van der Waals surface area contributed by atoms with Gasteiger partial charge in [-0.3, -0.25) is 43.8 Å². The predicted octanol–water partition coefficient (Wildman–Crippen LogP) is -2.28. The number of nitrogens with two attached hydrogens (primary N) is 1. The summed E-state index contributed by atoms with van der Waals surface area (Å²) < 4.78 is 0. The van der Waals surface area contributed by atoms with Crippen LogP contribution in [-0.4, -0.2) is 96.4 Å². The van der Waals surface area contributed by atoms with E-state index in [1.165, 1.54) is 12.2 Å². The van der Waals surface area contributed by atoms with Gasteiger partial charge in [0, 0.05) is 38.0 Å². The Bertz CT molecular complexity index is 1170. The number of carbonyl (C=O) groups excluding carboxylic acids is 7. The summed E-state index contributed by atoms with van der Waals surface area (Å²) in [6, 6.07) is 7.97. The Morgan fingerprint density at radius 1 is 0.795 bits per heavy atom. The summed E-state index contributed by atoms with van der Waals surface area (Å²) in [4.78, 5) is 84.5. The first kappa shape index (κ1) is 35.6. The van der Waals surface area contributed by atoms with Crippen LogP contribution in [0.2, 0.25) is 0 Å². The molecule has 240 valence electrons. The number of benzene rings is 1. The first-order valence-electron chi connectivity index (χ1n) is 14.4. The zero-order chi connectivity index (χ0) is 32.3. The molecular formula is C29H41N7O8. The zero-order valence-corrected chi connectivity index (χ0v) is 24.5. The van der Waals surface area contributed by atoms with E-state index in [9.17, 15) is 38.7 Å². The van der Waals surface area contributed by atoms with Crippen LogP contribution >= 0.6 is 0 Å². The van der Waals surface area contributed by atoms with E-state index in [4.69, 9.17) is 5.73 Å². The molecule has 0 bridgehead atoms. The predicted molar refractivity (Wildman–Crippen MR) is 158 cm³/mol. The van der Waals surface area contributed by atoms with Gasteiger partial charge in [0.25, 0.3) is 11.8 Å². The molecule has 1 heterocycles. The number of nitrogens with one attached hydrogen (secondary N) is 5. The van der Waals surface area contributed by atoms with Crippen molar-refractivity contribution in [2.75, 3.05) is 32.7 Å². The van der Waals surface area contributed by atoms with Crippen molar-refractivity contribution in [3.05, 3.63) is 48.0 Å². The van der Waals surface area contributed by atoms with Gasteiger partial charge in [-0.15, -0.1) is 0 Å². The number of hydrogen-bond donors (Lipinski definition) is 7. The van der Waals surface area contributed by atoms with E-state index in [0.717, 1.165) is 10.5 Å². The Morgan fingerprint density at radius 3 is 2.14 bits per heavy atom. The van der Waals surface area contributed by atoms with Crippen LogP contribution in [0.3, 0.4) is 0 Å². The third kappa shape index (κ3) is 14.5. The van der Waals surface area contributed by atoms with Gasteiger partial charge in [0.05, 0.1) is 19.6 Å². The second-order valence-corrected chi connectivity index (χ2v) is 10.1. The molecule has 44 heavy (non-hydrogen) atoms. The number of rotatable bonds is 21.